The van der Waals surface area contributed by atoms with Crippen molar-refractivity contribution in [3.05, 3.63) is 0 Å². The molecule has 0 saturated heterocycles. The van der Waals surface area contributed by atoms with Crippen LogP contribution in [-0.2, 0) is 10.4 Å². The van der Waals surface area contributed by atoms with Crippen molar-refractivity contribution in [1.29, 1.82) is 0 Å². The third kappa shape index (κ3) is 102. The molecule has 4 nitrogen and oxygen atoms in total. The SMILES string of the molecule is O=S(=O)([O-])[O-].[Al+3].[Al+3].[Na+]. The van der Waals surface area contributed by atoms with Gasteiger partial charge in [0.2, 0.25) is 0 Å². The molecule has 0 amide bonds. The Kier molecular flexibility index (Phi) is 25.1. The zero-order valence-electron chi connectivity index (χ0n) is 4.20. The Hall–Kier alpha value is 1.93. The fourth-order valence-electron chi connectivity index (χ4n) is 0. The minimum atomic E-state index is -5.17. The van der Waals surface area contributed by atoms with Crippen molar-refractivity contribution in [2.75, 3.05) is 0 Å². The summed E-state index contributed by atoms with van der Waals surface area (Å²) in [5, 5.41) is 0. The maximum atomic E-state index is 8.52. The molecule has 0 aliphatic carbocycles. The van der Waals surface area contributed by atoms with E-state index in [9.17, 15) is 0 Å². The second-order valence-corrected chi connectivity index (χ2v) is 1.22. The number of hydrogen-bond donors (Lipinski definition) is 0. The van der Waals surface area contributed by atoms with Crippen LogP contribution in [0.5, 0.6) is 0 Å². The molecule has 0 bridgehead atoms. The van der Waals surface area contributed by atoms with Crippen LogP contribution in [-0.4, -0.2) is 52.2 Å². The predicted molar refractivity (Wildman–Crippen MR) is 22.0 cm³/mol. The fourth-order valence-corrected chi connectivity index (χ4v) is 0. The van der Waals surface area contributed by atoms with Crippen LogP contribution in [0.4, 0.5) is 0 Å². The molecule has 0 unspecified atom stereocenters. The van der Waals surface area contributed by atoms with Crippen molar-refractivity contribution in [3.8, 4) is 0 Å². The third-order valence-corrected chi connectivity index (χ3v) is 0. The molecule has 0 heterocycles. The van der Waals surface area contributed by atoms with E-state index in [0.717, 1.165) is 0 Å². The molecule has 0 saturated carbocycles. The first kappa shape index (κ1) is 22.5. The van der Waals surface area contributed by atoms with E-state index in [1.54, 1.807) is 0 Å². The molecular weight excluding hydrogens is 173 g/mol. The maximum Gasteiger partial charge on any atom is 3.00 e. The van der Waals surface area contributed by atoms with Gasteiger partial charge in [0.15, 0.2) is 0 Å². The van der Waals surface area contributed by atoms with E-state index in [0.29, 0.717) is 0 Å². The molecule has 0 aromatic rings. The Labute approximate surface area is 91.2 Å². The fraction of sp³-hybridized carbons (Fsp3) is 0. The van der Waals surface area contributed by atoms with Crippen LogP contribution in [0.2, 0.25) is 0 Å². The molecule has 0 radical (unpaired) electrons. The molecule has 0 aliphatic heterocycles. The summed E-state index contributed by atoms with van der Waals surface area (Å²) in [5.74, 6) is 0. The van der Waals surface area contributed by atoms with Gasteiger partial charge in [-0.05, 0) is 0 Å². The molecule has 32 valence electrons. The van der Waals surface area contributed by atoms with Crippen LogP contribution in [0.1, 0.15) is 0 Å². The van der Waals surface area contributed by atoms with Gasteiger partial charge in [0.05, 0.1) is 0 Å². The van der Waals surface area contributed by atoms with Crippen LogP contribution >= 0.6 is 0 Å². The van der Waals surface area contributed by atoms with E-state index in [2.05, 4.69) is 0 Å². The minimum Gasteiger partial charge on any atom is -0.759 e. The van der Waals surface area contributed by atoms with Crippen molar-refractivity contribution in [2.24, 2.45) is 0 Å². The molecule has 8 heteroatoms. The first-order valence-electron chi connectivity index (χ1n) is 0.667. The van der Waals surface area contributed by atoms with Crippen molar-refractivity contribution in [3.63, 3.8) is 0 Å². The van der Waals surface area contributed by atoms with Crippen LogP contribution < -0.4 is 29.6 Å². The molecule has 0 aliphatic rings. The minimum absolute atomic E-state index is 0. The standard InChI is InChI=1S/2Al.Na.H2O4S/c;;;1-5(2,3)4/h;;;(H2,1,2,3,4)/q2*+3;+1;/p-2. The molecule has 0 fully saturated rings. The molecule has 8 heavy (non-hydrogen) atoms. The van der Waals surface area contributed by atoms with Crippen LogP contribution in [0.3, 0.4) is 0 Å². The quantitative estimate of drug-likeness (QED) is 0.208. The summed E-state index contributed by atoms with van der Waals surface area (Å²) < 4.78 is 34.1. The molecule has 0 atom stereocenters. The summed E-state index contributed by atoms with van der Waals surface area (Å²) in [4.78, 5) is 0. The Morgan fingerprint density at radius 2 is 1.00 bits per heavy atom. The first-order chi connectivity index (χ1) is 2.00. The van der Waals surface area contributed by atoms with E-state index in [-0.39, 0.29) is 64.3 Å². The number of rotatable bonds is 0. The normalized spacial score (nSPS) is 7.25. The largest absolute Gasteiger partial charge is 3.00 e. The molecular formula is Al2NaO4S+5. The molecule has 0 N–H and O–H groups in total. The Morgan fingerprint density at radius 1 is 1.00 bits per heavy atom. The van der Waals surface area contributed by atoms with Gasteiger partial charge in [-0.25, -0.2) is 0 Å². The van der Waals surface area contributed by atoms with Gasteiger partial charge in [0.25, 0.3) is 0 Å². The molecule has 0 aromatic heterocycles. The maximum absolute atomic E-state index is 8.52. The summed E-state index contributed by atoms with van der Waals surface area (Å²) in [6.07, 6.45) is 0. The second-order valence-electron chi connectivity index (χ2n) is 0.408. The van der Waals surface area contributed by atoms with Gasteiger partial charge in [-0.1, -0.05) is 0 Å². The number of hydrogen-bond acceptors (Lipinski definition) is 4. The smallest absolute Gasteiger partial charge is 0.759 e. The van der Waals surface area contributed by atoms with Gasteiger partial charge >= 0.3 is 64.3 Å². The molecule has 0 rings (SSSR count). The topological polar surface area (TPSA) is 80.3 Å². The second kappa shape index (κ2) is 8.93. The Bertz CT molecular complexity index is 97.2. The predicted octanol–water partition coefficient (Wildman–Crippen LogP) is -5.10. The molecule has 0 spiro atoms. The van der Waals surface area contributed by atoms with Crippen LogP contribution in [0, 0.1) is 0 Å². The summed E-state index contributed by atoms with van der Waals surface area (Å²) in [6, 6.07) is 0. The summed E-state index contributed by atoms with van der Waals surface area (Å²) >= 11 is 0. The van der Waals surface area contributed by atoms with Crippen molar-refractivity contribution in [2.45, 2.75) is 0 Å². The average Bonchev–Trinajstić information content (AvgIpc) is 0.722. The van der Waals surface area contributed by atoms with E-state index in [1.807, 2.05) is 0 Å². The van der Waals surface area contributed by atoms with E-state index in [4.69, 9.17) is 17.5 Å². The van der Waals surface area contributed by atoms with E-state index in [1.165, 1.54) is 0 Å². The Balaban J connectivity index is -0.0000000267. The van der Waals surface area contributed by atoms with Crippen molar-refractivity contribution >= 4 is 45.1 Å². The van der Waals surface area contributed by atoms with Crippen molar-refractivity contribution < 1.29 is 47.1 Å². The van der Waals surface area contributed by atoms with E-state index >= 15 is 0 Å². The Morgan fingerprint density at radius 3 is 1.00 bits per heavy atom. The van der Waals surface area contributed by atoms with Gasteiger partial charge < -0.3 is 9.11 Å². The van der Waals surface area contributed by atoms with Gasteiger partial charge in [-0.3, -0.25) is 8.42 Å². The average molecular weight is 173 g/mol. The summed E-state index contributed by atoms with van der Waals surface area (Å²) in [5.41, 5.74) is 0. The van der Waals surface area contributed by atoms with Gasteiger partial charge in [0.1, 0.15) is 0 Å². The summed E-state index contributed by atoms with van der Waals surface area (Å²) in [6.45, 7) is 0. The van der Waals surface area contributed by atoms with Gasteiger partial charge in [-0.2, -0.15) is 0 Å². The monoisotopic (exact) mass is 173 g/mol. The van der Waals surface area contributed by atoms with Crippen molar-refractivity contribution in [1.82, 2.24) is 0 Å². The van der Waals surface area contributed by atoms with Crippen LogP contribution in [0.25, 0.3) is 0 Å². The summed E-state index contributed by atoms with van der Waals surface area (Å²) in [7, 11) is -5.17. The first-order valence-corrected chi connectivity index (χ1v) is 2.00. The van der Waals surface area contributed by atoms with E-state index < -0.39 is 10.4 Å². The van der Waals surface area contributed by atoms with Gasteiger partial charge in [0, 0.05) is 10.4 Å². The van der Waals surface area contributed by atoms with Crippen LogP contribution in [0.15, 0.2) is 0 Å². The molecule has 0 aromatic carbocycles. The zero-order valence-corrected chi connectivity index (χ0v) is 9.32. The zero-order chi connectivity index (χ0) is 4.50. The van der Waals surface area contributed by atoms with Gasteiger partial charge in [-0.15, -0.1) is 0 Å². The third-order valence-electron chi connectivity index (χ3n) is 0.